The Hall–Kier alpha value is -1.90. The normalized spacial score (nSPS) is 15.9. The van der Waals surface area contributed by atoms with Gasteiger partial charge in [0.05, 0.1) is 19.4 Å². The highest BCUT2D eigenvalue weighted by Crippen LogP contribution is 2.24. The van der Waals surface area contributed by atoms with Crippen molar-refractivity contribution in [2.75, 3.05) is 38.3 Å². The second-order valence-electron chi connectivity index (χ2n) is 5.84. The van der Waals surface area contributed by atoms with Gasteiger partial charge in [0.15, 0.2) is 0 Å². The summed E-state index contributed by atoms with van der Waals surface area (Å²) in [7, 11) is -0.260. The zero-order chi connectivity index (χ0) is 17.2. The van der Waals surface area contributed by atoms with Crippen molar-refractivity contribution in [2.24, 2.45) is 7.05 Å². The molecule has 0 N–H and O–H groups in total. The number of hydrogen-bond acceptors (Lipinski definition) is 5. The van der Waals surface area contributed by atoms with Crippen molar-refractivity contribution in [3.63, 3.8) is 0 Å². The van der Waals surface area contributed by atoms with Crippen LogP contribution in [-0.4, -0.2) is 55.9 Å². The van der Waals surface area contributed by atoms with Gasteiger partial charge in [-0.15, -0.1) is 0 Å². The van der Waals surface area contributed by atoms with Crippen molar-refractivity contribution in [1.29, 1.82) is 0 Å². The fourth-order valence-corrected chi connectivity index (χ4v) is 3.93. The lowest BCUT2D eigenvalue weighted by molar-refractivity contribution is 0.122. The number of para-hydroxylation sites is 1. The molecule has 2 aromatic rings. The van der Waals surface area contributed by atoms with Crippen LogP contribution in [0.3, 0.4) is 0 Å². The van der Waals surface area contributed by atoms with Crippen LogP contribution in [0.1, 0.15) is 5.56 Å². The maximum Gasteiger partial charge on any atom is 0.246 e. The number of benzene rings is 1. The monoisotopic (exact) mass is 350 g/mol. The molecular formula is C16H22N4O3S. The largest absolute Gasteiger partial charge is 0.378 e. The first-order valence-electron chi connectivity index (χ1n) is 7.84. The second kappa shape index (κ2) is 6.92. The molecule has 0 unspecified atom stereocenters. The lowest BCUT2D eigenvalue weighted by Gasteiger charge is -2.31. The van der Waals surface area contributed by atoms with E-state index in [1.807, 2.05) is 24.3 Å². The standard InChI is InChI=1S/C16H22N4O3S/c1-18-13-15(11-17-18)24(21,22)19(2)12-14-5-3-4-6-16(14)20-7-9-23-10-8-20/h3-6,11,13H,7-10,12H2,1-2H3. The van der Waals surface area contributed by atoms with Gasteiger partial charge in [-0.2, -0.15) is 9.40 Å². The van der Waals surface area contributed by atoms with Crippen molar-refractivity contribution in [3.8, 4) is 0 Å². The lowest BCUT2D eigenvalue weighted by atomic mass is 10.1. The maximum absolute atomic E-state index is 12.7. The second-order valence-corrected chi connectivity index (χ2v) is 7.88. The van der Waals surface area contributed by atoms with Crippen LogP contribution in [0.2, 0.25) is 0 Å². The van der Waals surface area contributed by atoms with E-state index in [2.05, 4.69) is 10.00 Å². The van der Waals surface area contributed by atoms with Crippen LogP contribution in [0.15, 0.2) is 41.6 Å². The molecule has 0 aliphatic carbocycles. The minimum Gasteiger partial charge on any atom is -0.378 e. The van der Waals surface area contributed by atoms with Gasteiger partial charge >= 0.3 is 0 Å². The third-order valence-corrected chi connectivity index (χ3v) is 5.88. The average Bonchev–Trinajstić information content (AvgIpc) is 3.03. The molecule has 24 heavy (non-hydrogen) atoms. The molecule has 1 aliphatic heterocycles. The fourth-order valence-electron chi connectivity index (χ4n) is 2.79. The van der Waals surface area contributed by atoms with Gasteiger partial charge in [-0.05, 0) is 11.6 Å². The topological polar surface area (TPSA) is 67.7 Å². The highest BCUT2D eigenvalue weighted by molar-refractivity contribution is 7.89. The number of aryl methyl sites for hydroxylation is 1. The van der Waals surface area contributed by atoms with Gasteiger partial charge in [0.1, 0.15) is 4.90 Å². The molecule has 7 nitrogen and oxygen atoms in total. The minimum absolute atomic E-state index is 0.205. The predicted molar refractivity (Wildman–Crippen MR) is 91.3 cm³/mol. The number of morpholine rings is 1. The third kappa shape index (κ3) is 3.45. The van der Waals surface area contributed by atoms with Crippen LogP contribution in [0, 0.1) is 0 Å². The van der Waals surface area contributed by atoms with Gasteiger partial charge in [0.2, 0.25) is 10.0 Å². The van der Waals surface area contributed by atoms with Gasteiger partial charge < -0.3 is 9.64 Å². The first-order valence-corrected chi connectivity index (χ1v) is 9.28. The molecule has 0 spiro atoms. The van der Waals surface area contributed by atoms with Crippen molar-refractivity contribution < 1.29 is 13.2 Å². The molecule has 1 aromatic heterocycles. The molecule has 0 amide bonds. The fraction of sp³-hybridized carbons (Fsp3) is 0.438. The predicted octanol–water partition coefficient (Wildman–Crippen LogP) is 1.08. The van der Waals surface area contributed by atoms with E-state index in [0.29, 0.717) is 19.8 Å². The molecule has 1 saturated heterocycles. The Morgan fingerprint density at radius 3 is 2.62 bits per heavy atom. The number of sulfonamides is 1. The molecule has 3 rings (SSSR count). The van der Waals surface area contributed by atoms with Gasteiger partial charge in [0, 0.05) is 45.6 Å². The molecule has 1 fully saturated rings. The number of anilines is 1. The Bertz CT molecular complexity index is 797. The molecule has 0 atom stereocenters. The SMILES string of the molecule is CN(Cc1ccccc1N1CCOCC1)S(=O)(=O)c1cnn(C)c1. The van der Waals surface area contributed by atoms with Crippen LogP contribution < -0.4 is 4.90 Å². The van der Waals surface area contributed by atoms with Crippen LogP contribution >= 0.6 is 0 Å². The Balaban J connectivity index is 1.83. The summed E-state index contributed by atoms with van der Waals surface area (Å²) < 4.78 is 33.6. The minimum atomic E-state index is -3.56. The van der Waals surface area contributed by atoms with Gasteiger partial charge in [-0.3, -0.25) is 4.68 Å². The summed E-state index contributed by atoms with van der Waals surface area (Å²) in [4.78, 5) is 2.44. The van der Waals surface area contributed by atoms with Gasteiger partial charge in [0.25, 0.3) is 0 Å². The summed E-state index contributed by atoms with van der Waals surface area (Å²) in [6, 6.07) is 7.92. The first-order chi connectivity index (χ1) is 11.5. The molecule has 1 aromatic carbocycles. The van der Waals surface area contributed by atoms with Crippen LogP contribution in [0.5, 0.6) is 0 Å². The molecule has 8 heteroatoms. The van der Waals surface area contributed by atoms with Crippen LogP contribution in [-0.2, 0) is 28.4 Å². The summed E-state index contributed by atoms with van der Waals surface area (Å²) in [6.07, 6.45) is 2.89. The highest BCUT2D eigenvalue weighted by atomic mass is 32.2. The van der Waals surface area contributed by atoms with E-state index in [1.165, 1.54) is 21.4 Å². The quantitative estimate of drug-likeness (QED) is 0.807. The van der Waals surface area contributed by atoms with Crippen molar-refractivity contribution in [3.05, 3.63) is 42.2 Å². The number of hydrogen-bond donors (Lipinski definition) is 0. The maximum atomic E-state index is 12.7. The van der Waals surface area contributed by atoms with E-state index in [-0.39, 0.29) is 4.90 Å². The van der Waals surface area contributed by atoms with Gasteiger partial charge in [-0.25, -0.2) is 8.42 Å². The summed E-state index contributed by atoms with van der Waals surface area (Å²) in [5, 5.41) is 3.95. The van der Waals surface area contributed by atoms with E-state index < -0.39 is 10.0 Å². The van der Waals surface area contributed by atoms with E-state index in [0.717, 1.165) is 24.3 Å². The van der Waals surface area contributed by atoms with E-state index >= 15 is 0 Å². The summed E-state index contributed by atoms with van der Waals surface area (Å²) >= 11 is 0. The molecule has 1 aliphatic rings. The Kier molecular flexibility index (Phi) is 4.88. The summed E-state index contributed by atoms with van der Waals surface area (Å²) in [5.74, 6) is 0. The number of aromatic nitrogens is 2. The van der Waals surface area contributed by atoms with E-state index in [1.54, 1.807) is 14.1 Å². The number of ether oxygens (including phenoxy) is 1. The molecular weight excluding hydrogens is 328 g/mol. The van der Waals surface area contributed by atoms with Crippen LogP contribution in [0.4, 0.5) is 5.69 Å². The third-order valence-electron chi connectivity index (χ3n) is 4.13. The molecule has 0 radical (unpaired) electrons. The lowest BCUT2D eigenvalue weighted by Crippen LogP contribution is -2.37. The van der Waals surface area contributed by atoms with Crippen molar-refractivity contribution in [2.45, 2.75) is 11.4 Å². The van der Waals surface area contributed by atoms with Crippen molar-refractivity contribution >= 4 is 15.7 Å². The molecule has 130 valence electrons. The van der Waals surface area contributed by atoms with E-state index in [4.69, 9.17) is 4.74 Å². The summed E-state index contributed by atoms with van der Waals surface area (Å²) in [5.41, 5.74) is 2.04. The Morgan fingerprint density at radius 1 is 1.25 bits per heavy atom. The smallest absolute Gasteiger partial charge is 0.246 e. The van der Waals surface area contributed by atoms with Crippen LogP contribution in [0.25, 0.3) is 0 Å². The molecule has 2 heterocycles. The first kappa shape index (κ1) is 16.9. The Labute approximate surface area is 142 Å². The van der Waals surface area contributed by atoms with Gasteiger partial charge in [-0.1, -0.05) is 18.2 Å². The number of nitrogens with zero attached hydrogens (tertiary/aromatic N) is 4. The molecule has 0 bridgehead atoms. The Morgan fingerprint density at radius 2 is 1.96 bits per heavy atom. The zero-order valence-electron chi connectivity index (χ0n) is 13.9. The van der Waals surface area contributed by atoms with E-state index in [9.17, 15) is 8.42 Å². The molecule has 0 saturated carbocycles. The zero-order valence-corrected chi connectivity index (χ0v) is 14.7. The van der Waals surface area contributed by atoms with Crippen molar-refractivity contribution in [1.82, 2.24) is 14.1 Å². The summed E-state index contributed by atoms with van der Waals surface area (Å²) in [6.45, 7) is 3.33. The average molecular weight is 350 g/mol. The highest BCUT2D eigenvalue weighted by Gasteiger charge is 2.24. The number of rotatable bonds is 5.